The number of rotatable bonds is 4. The van der Waals surface area contributed by atoms with E-state index in [4.69, 9.17) is 10.4 Å². The van der Waals surface area contributed by atoms with Gasteiger partial charge in [-0.15, -0.1) is 0 Å². The molecule has 1 aliphatic rings. The smallest absolute Gasteiger partial charge is 0.287 e. The molecule has 0 radical (unpaired) electrons. The minimum absolute atomic E-state index is 0.143. The second-order valence-corrected chi connectivity index (χ2v) is 4.10. The molecule has 0 spiro atoms. The molecule has 1 aromatic rings. The Bertz CT molecular complexity index is 393. The average Bonchev–Trinajstić information content (AvgIpc) is 2.97. The maximum atomic E-state index is 11.2. The monoisotopic (exact) mass is 240 g/mol. The number of carbonyl (C=O) groups excluding carboxylic acids is 1. The third kappa shape index (κ3) is 2.63. The second kappa shape index (κ2) is 5.26. The summed E-state index contributed by atoms with van der Waals surface area (Å²) in [5.41, 5.74) is 2.16. The molecule has 0 saturated carbocycles. The van der Waals surface area contributed by atoms with E-state index < -0.39 is 5.91 Å². The fraction of sp³-hybridized carbons (Fsp3) is 0.600. The second-order valence-electron chi connectivity index (χ2n) is 4.10. The maximum Gasteiger partial charge on any atom is 0.287 e. The van der Waals surface area contributed by atoms with Crippen LogP contribution in [0.25, 0.3) is 0 Å². The van der Waals surface area contributed by atoms with Gasteiger partial charge in [0, 0.05) is 12.1 Å². The molecule has 1 aromatic heterocycles. The number of aromatic nitrogens is 1. The van der Waals surface area contributed by atoms with E-state index in [1.165, 1.54) is 0 Å². The first-order valence-electron chi connectivity index (χ1n) is 5.56. The number of likely N-dealkylation sites (tertiary alicyclic amines) is 1. The molecule has 94 valence electrons. The van der Waals surface area contributed by atoms with Gasteiger partial charge < -0.3 is 9.63 Å². The zero-order chi connectivity index (χ0) is 12.3. The number of nitrogens with zero attached hydrogens (tertiary/aromatic N) is 2. The lowest BCUT2D eigenvalue weighted by Gasteiger charge is -2.20. The third-order valence-corrected chi connectivity index (χ3v) is 2.99. The van der Waals surface area contributed by atoms with Crippen molar-refractivity contribution in [2.75, 3.05) is 13.2 Å². The molecule has 4 N–H and O–H groups in total. The molecular weight excluding hydrogens is 224 g/mol. The Morgan fingerprint density at radius 2 is 2.59 bits per heavy atom. The van der Waals surface area contributed by atoms with E-state index in [0.29, 0.717) is 12.3 Å². The number of nitrogen functional groups attached to an aromatic ring is 1. The maximum absolute atomic E-state index is 11.2. The normalized spacial score (nSPS) is 20.7. The number of nitrogens with two attached hydrogens (primary N) is 1. The molecule has 2 rings (SSSR count). The van der Waals surface area contributed by atoms with Crippen LogP contribution in [0.4, 0.5) is 0 Å². The van der Waals surface area contributed by atoms with Gasteiger partial charge >= 0.3 is 0 Å². The predicted octanol–water partition coefficient (Wildman–Crippen LogP) is -0.765. The molecule has 2 heterocycles. The highest BCUT2D eigenvalue weighted by Gasteiger charge is 2.25. The van der Waals surface area contributed by atoms with Crippen LogP contribution in [0.15, 0.2) is 10.6 Å². The van der Waals surface area contributed by atoms with Crippen LogP contribution in [-0.2, 0) is 6.54 Å². The zero-order valence-electron chi connectivity index (χ0n) is 9.43. The number of amides is 1. The van der Waals surface area contributed by atoms with Crippen molar-refractivity contribution in [3.63, 3.8) is 0 Å². The van der Waals surface area contributed by atoms with Gasteiger partial charge in [0.1, 0.15) is 0 Å². The van der Waals surface area contributed by atoms with Gasteiger partial charge in [-0.1, -0.05) is 5.16 Å². The number of aliphatic hydroxyl groups excluding tert-OH is 1. The number of aliphatic hydroxyl groups is 1. The van der Waals surface area contributed by atoms with Crippen LogP contribution in [0.3, 0.4) is 0 Å². The summed E-state index contributed by atoms with van der Waals surface area (Å²) in [4.78, 5) is 13.3. The molecule has 1 atom stereocenters. The van der Waals surface area contributed by atoms with E-state index in [-0.39, 0.29) is 18.3 Å². The minimum atomic E-state index is -0.472. The first-order chi connectivity index (χ1) is 8.24. The lowest BCUT2D eigenvalue weighted by molar-refractivity contribution is 0.0944. The first kappa shape index (κ1) is 12.0. The number of nitrogens with one attached hydrogen (secondary N) is 1. The highest BCUT2D eigenvalue weighted by Crippen LogP contribution is 2.19. The Balaban J connectivity index is 1.99. The van der Waals surface area contributed by atoms with Crippen LogP contribution in [0.2, 0.25) is 0 Å². The molecule has 0 bridgehead atoms. The number of hydrazine groups is 1. The molecular formula is C10H16N4O3. The quantitative estimate of drug-likeness (QED) is 0.363. The Hall–Kier alpha value is -1.44. The fourth-order valence-electron chi connectivity index (χ4n) is 2.08. The van der Waals surface area contributed by atoms with Crippen molar-refractivity contribution in [2.45, 2.75) is 25.4 Å². The fourth-order valence-corrected chi connectivity index (χ4v) is 2.08. The SMILES string of the molecule is NNC(=O)c1cc(CN2CCCC2CO)on1. The molecule has 1 amide bonds. The summed E-state index contributed by atoms with van der Waals surface area (Å²) in [5.74, 6) is 5.12. The van der Waals surface area contributed by atoms with Gasteiger partial charge in [0.05, 0.1) is 13.2 Å². The largest absolute Gasteiger partial charge is 0.395 e. The Morgan fingerprint density at radius 3 is 3.29 bits per heavy atom. The van der Waals surface area contributed by atoms with Crippen molar-refractivity contribution < 1.29 is 14.4 Å². The lowest BCUT2D eigenvalue weighted by Crippen LogP contribution is -2.31. The predicted molar refractivity (Wildman–Crippen MR) is 58.7 cm³/mol. The summed E-state index contributed by atoms with van der Waals surface area (Å²) in [6.45, 7) is 1.62. The Labute approximate surface area is 98.5 Å². The summed E-state index contributed by atoms with van der Waals surface area (Å²) in [5, 5.41) is 12.8. The van der Waals surface area contributed by atoms with Crippen LogP contribution in [0.5, 0.6) is 0 Å². The topological polar surface area (TPSA) is 105 Å². The van der Waals surface area contributed by atoms with Gasteiger partial charge in [-0.05, 0) is 19.4 Å². The van der Waals surface area contributed by atoms with Gasteiger partial charge in [0.2, 0.25) is 0 Å². The van der Waals surface area contributed by atoms with Gasteiger partial charge in [-0.3, -0.25) is 15.1 Å². The molecule has 1 unspecified atom stereocenters. The molecule has 1 saturated heterocycles. The molecule has 7 nitrogen and oxygen atoms in total. The Kier molecular flexibility index (Phi) is 3.72. The van der Waals surface area contributed by atoms with Crippen molar-refractivity contribution >= 4 is 5.91 Å². The summed E-state index contributed by atoms with van der Waals surface area (Å²) < 4.78 is 5.05. The van der Waals surface area contributed by atoms with Crippen LogP contribution in [-0.4, -0.2) is 40.3 Å². The molecule has 1 aliphatic heterocycles. The van der Waals surface area contributed by atoms with Gasteiger partial charge in [0.25, 0.3) is 5.91 Å². The highest BCUT2D eigenvalue weighted by atomic mass is 16.5. The van der Waals surface area contributed by atoms with Crippen LogP contribution < -0.4 is 11.3 Å². The van der Waals surface area contributed by atoms with Crippen LogP contribution in [0.1, 0.15) is 29.1 Å². The summed E-state index contributed by atoms with van der Waals surface area (Å²) >= 11 is 0. The summed E-state index contributed by atoms with van der Waals surface area (Å²) in [6.07, 6.45) is 2.05. The Morgan fingerprint density at radius 1 is 1.76 bits per heavy atom. The zero-order valence-corrected chi connectivity index (χ0v) is 9.43. The van der Waals surface area contributed by atoms with E-state index in [9.17, 15) is 9.90 Å². The number of carbonyl (C=O) groups is 1. The van der Waals surface area contributed by atoms with E-state index in [2.05, 4.69) is 10.1 Å². The molecule has 7 heteroatoms. The highest BCUT2D eigenvalue weighted by molar-refractivity contribution is 5.91. The van der Waals surface area contributed by atoms with Crippen LogP contribution in [0, 0.1) is 0 Å². The number of hydrogen-bond donors (Lipinski definition) is 3. The van der Waals surface area contributed by atoms with Crippen molar-refractivity contribution in [1.29, 1.82) is 0 Å². The van der Waals surface area contributed by atoms with Crippen molar-refractivity contribution in [2.24, 2.45) is 5.84 Å². The standard InChI is InChI=1S/C10H16N4O3/c11-12-10(16)9-4-8(17-13-9)5-14-3-1-2-7(14)6-15/h4,7,15H,1-3,5-6,11H2,(H,12,16). The number of hydrogen-bond acceptors (Lipinski definition) is 6. The van der Waals surface area contributed by atoms with Gasteiger partial charge in [0.15, 0.2) is 11.5 Å². The lowest BCUT2D eigenvalue weighted by atomic mass is 10.2. The van der Waals surface area contributed by atoms with E-state index in [0.717, 1.165) is 19.4 Å². The third-order valence-electron chi connectivity index (χ3n) is 2.99. The van der Waals surface area contributed by atoms with Crippen molar-refractivity contribution in [1.82, 2.24) is 15.5 Å². The van der Waals surface area contributed by atoms with Gasteiger partial charge in [-0.2, -0.15) is 0 Å². The minimum Gasteiger partial charge on any atom is -0.395 e. The summed E-state index contributed by atoms with van der Waals surface area (Å²) in [6, 6.07) is 1.74. The van der Waals surface area contributed by atoms with E-state index in [1.807, 2.05) is 5.43 Å². The van der Waals surface area contributed by atoms with E-state index in [1.54, 1.807) is 6.07 Å². The molecule has 0 aromatic carbocycles. The van der Waals surface area contributed by atoms with Crippen molar-refractivity contribution in [3.05, 3.63) is 17.5 Å². The van der Waals surface area contributed by atoms with Crippen molar-refractivity contribution in [3.8, 4) is 0 Å². The van der Waals surface area contributed by atoms with E-state index >= 15 is 0 Å². The summed E-state index contributed by atoms with van der Waals surface area (Å²) in [7, 11) is 0. The van der Waals surface area contributed by atoms with Gasteiger partial charge in [-0.25, -0.2) is 5.84 Å². The first-order valence-corrected chi connectivity index (χ1v) is 5.56. The molecule has 17 heavy (non-hydrogen) atoms. The average molecular weight is 240 g/mol. The van der Waals surface area contributed by atoms with Crippen LogP contribution >= 0.6 is 0 Å². The molecule has 0 aliphatic carbocycles. The molecule has 1 fully saturated rings.